The summed E-state index contributed by atoms with van der Waals surface area (Å²) in [4.78, 5) is 19.5. The Hall–Kier alpha value is -4.17. The molecule has 0 unspecified atom stereocenters. The summed E-state index contributed by atoms with van der Waals surface area (Å²) in [7, 11) is 1.60. The number of nitrogens with one attached hydrogen (secondary N) is 2. The Bertz CT molecular complexity index is 1510. The Morgan fingerprint density at radius 1 is 1.03 bits per heavy atom. The van der Waals surface area contributed by atoms with Crippen LogP contribution in [0.2, 0.25) is 0 Å². The molecular formula is C31H33N5O2S. The first-order valence-corrected chi connectivity index (χ1v) is 13.3. The van der Waals surface area contributed by atoms with Crippen LogP contribution in [0.15, 0.2) is 85.2 Å². The van der Waals surface area contributed by atoms with Gasteiger partial charge in [0.25, 0.3) is 0 Å². The molecule has 200 valence electrons. The quantitative estimate of drug-likeness (QED) is 0.278. The van der Waals surface area contributed by atoms with Crippen molar-refractivity contribution in [3.8, 4) is 11.4 Å². The van der Waals surface area contributed by atoms with Gasteiger partial charge in [0.1, 0.15) is 11.8 Å². The number of hydrogen-bond acceptors (Lipinski definition) is 4. The molecule has 3 heterocycles. The number of hydrogen-bond donors (Lipinski definition) is 2. The normalized spacial score (nSPS) is 17.2. The summed E-state index contributed by atoms with van der Waals surface area (Å²) in [5, 5.41) is 7.10. The van der Waals surface area contributed by atoms with E-state index in [2.05, 4.69) is 74.6 Å². The number of nitrogens with zero attached hydrogens (tertiary/aromatic N) is 3. The average molecular weight is 540 g/mol. The molecule has 2 aromatic heterocycles. The van der Waals surface area contributed by atoms with Crippen molar-refractivity contribution in [1.82, 2.24) is 14.9 Å². The molecule has 0 radical (unpaired) electrons. The van der Waals surface area contributed by atoms with Crippen molar-refractivity contribution in [2.75, 3.05) is 17.3 Å². The number of pyridine rings is 1. The van der Waals surface area contributed by atoms with Gasteiger partial charge in [0.15, 0.2) is 5.11 Å². The first-order chi connectivity index (χ1) is 18.7. The summed E-state index contributed by atoms with van der Waals surface area (Å²) >= 11 is 5.93. The highest BCUT2D eigenvalue weighted by molar-refractivity contribution is 7.80. The van der Waals surface area contributed by atoms with Crippen LogP contribution in [-0.2, 0) is 4.79 Å². The molecule has 0 spiro atoms. The first-order valence-electron chi connectivity index (χ1n) is 12.9. The second-order valence-electron chi connectivity index (χ2n) is 10.7. The van der Waals surface area contributed by atoms with E-state index in [1.54, 1.807) is 13.3 Å². The van der Waals surface area contributed by atoms with Gasteiger partial charge in [-0.2, -0.15) is 0 Å². The Morgan fingerprint density at radius 2 is 1.85 bits per heavy atom. The molecule has 1 aliphatic heterocycles. The number of aromatic nitrogens is 2. The summed E-state index contributed by atoms with van der Waals surface area (Å²) in [6, 6.07) is 23.9. The van der Waals surface area contributed by atoms with Crippen LogP contribution in [0, 0.1) is 12.3 Å². The van der Waals surface area contributed by atoms with Crippen LogP contribution in [0.25, 0.3) is 5.69 Å². The highest BCUT2D eigenvalue weighted by atomic mass is 32.1. The molecule has 4 aromatic rings. The maximum atomic E-state index is 12.7. The molecule has 1 fully saturated rings. The molecule has 1 aliphatic rings. The maximum absolute atomic E-state index is 12.7. The van der Waals surface area contributed by atoms with E-state index in [0.717, 1.165) is 22.8 Å². The summed E-state index contributed by atoms with van der Waals surface area (Å²) in [5.41, 5.74) is 5.14. The lowest BCUT2D eigenvalue weighted by molar-refractivity contribution is -0.123. The Morgan fingerprint density at radius 3 is 2.54 bits per heavy atom. The van der Waals surface area contributed by atoms with Crippen molar-refractivity contribution >= 4 is 34.6 Å². The van der Waals surface area contributed by atoms with E-state index in [9.17, 15) is 4.79 Å². The summed E-state index contributed by atoms with van der Waals surface area (Å²) in [5.74, 6) is 0.470. The number of methoxy groups -OCH3 is 1. The summed E-state index contributed by atoms with van der Waals surface area (Å²) < 4.78 is 7.92. The minimum absolute atomic E-state index is 0.0871. The maximum Gasteiger partial charge on any atom is 0.229 e. The zero-order valence-electron chi connectivity index (χ0n) is 22.8. The summed E-state index contributed by atoms with van der Waals surface area (Å²) in [6.45, 7) is 7.73. The smallest absolute Gasteiger partial charge is 0.229 e. The highest BCUT2D eigenvalue weighted by Gasteiger charge is 2.42. The van der Waals surface area contributed by atoms with Crippen molar-refractivity contribution in [3.63, 3.8) is 0 Å². The number of carbonyl (C=O) groups is 1. The van der Waals surface area contributed by atoms with Gasteiger partial charge >= 0.3 is 0 Å². The van der Waals surface area contributed by atoms with E-state index in [4.69, 9.17) is 17.0 Å². The molecule has 39 heavy (non-hydrogen) atoms. The van der Waals surface area contributed by atoms with E-state index in [-0.39, 0.29) is 18.0 Å². The van der Waals surface area contributed by atoms with Gasteiger partial charge in [0, 0.05) is 40.9 Å². The number of carbonyl (C=O) groups excluding carboxylic acids is 1. The largest absolute Gasteiger partial charge is 0.494 e. The Balaban J connectivity index is 1.61. The molecule has 2 atom stereocenters. The number of thiocarbonyl (C=S) groups is 1. The van der Waals surface area contributed by atoms with Crippen molar-refractivity contribution in [2.24, 2.45) is 5.41 Å². The second kappa shape index (κ2) is 10.5. The lowest BCUT2D eigenvalue weighted by atomic mass is 9.95. The van der Waals surface area contributed by atoms with Gasteiger partial charge in [-0.15, -0.1) is 0 Å². The molecule has 0 bridgehead atoms. The molecule has 5 rings (SSSR count). The summed E-state index contributed by atoms with van der Waals surface area (Å²) in [6.07, 6.45) is 3.87. The molecule has 2 N–H and O–H groups in total. The van der Waals surface area contributed by atoms with Crippen LogP contribution in [0.4, 0.5) is 11.4 Å². The number of amides is 1. The van der Waals surface area contributed by atoms with Crippen molar-refractivity contribution in [3.05, 3.63) is 102 Å². The van der Waals surface area contributed by atoms with Crippen LogP contribution >= 0.6 is 12.2 Å². The van der Waals surface area contributed by atoms with Gasteiger partial charge in [-0.3, -0.25) is 9.78 Å². The molecule has 2 aromatic carbocycles. The number of aryl methyl sites for hydroxylation is 1. The fourth-order valence-electron chi connectivity index (χ4n) is 4.82. The zero-order valence-corrected chi connectivity index (χ0v) is 23.6. The van der Waals surface area contributed by atoms with Crippen LogP contribution in [0.1, 0.15) is 49.8 Å². The zero-order chi connectivity index (χ0) is 27.7. The first kappa shape index (κ1) is 26.4. The van der Waals surface area contributed by atoms with E-state index in [1.165, 1.54) is 5.56 Å². The van der Waals surface area contributed by atoms with E-state index >= 15 is 0 Å². The average Bonchev–Trinajstić information content (AvgIpc) is 3.53. The molecular weight excluding hydrogens is 506 g/mol. The van der Waals surface area contributed by atoms with Gasteiger partial charge in [-0.05, 0) is 73.2 Å². The van der Waals surface area contributed by atoms with E-state index in [1.807, 2.05) is 57.2 Å². The molecule has 7 nitrogen and oxygen atoms in total. The third-order valence-corrected chi connectivity index (χ3v) is 7.17. The third-order valence-electron chi connectivity index (χ3n) is 6.85. The van der Waals surface area contributed by atoms with Gasteiger partial charge in [-0.25, -0.2) is 0 Å². The molecule has 8 heteroatoms. The molecule has 1 saturated heterocycles. The Labute approximate surface area is 234 Å². The predicted molar refractivity (Wildman–Crippen MR) is 160 cm³/mol. The van der Waals surface area contributed by atoms with Crippen LogP contribution in [0.3, 0.4) is 0 Å². The minimum atomic E-state index is -0.535. The lowest BCUT2D eigenvalue weighted by Crippen LogP contribution is -2.30. The van der Waals surface area contributed by atoms with Crippen molar-refractivity contribution in [2.45, 2.75) is 39.8 Å². The fraction of sp³-hybridized carbons (Fsp3) is 0.258. The van der Waals surface area contributed by atoms with Crippen molar-refractivity contribution < 1.29 is 9.53 Å². The van der Waals surface area contributed by atoms with Crippen molar-refractivity contribution in [1.29, 1.82) is 0 Å². The fourth-order valence-corrected chi connectivity index (χ4v) is 5.17. The highest BCUT2D eigenvalue weighted by Crippen LogP contribution is 2.44. The van der Waals surface area contributed by atoms with Crippen LogP contribution < -0.4 is 20.3 Å². The third kappa shape index (κ3) is 5.25. The van der Waals surface area contributed by atoms with Gasteiger partial charge < -0.3 is 24.8 Å². The van der Waals surface area contributed by atoms with Gasteiger partial charge in [-0.1, -0.05) is 39.0 Å². The number of ether oxygens (including phenoxy) is 1. The molecule has 1 amide bonds. The molecule has 0 saturated carbocycles. The van der Waals surface area contributed by atoms with Crippen LogP contribution in [0.5, 0.6) is 5.75 Å². The monoisotopic (exact) mass is 539 g/mol. The number of rotatable bonds is 6. The SMILES string of the molecule is COc1cc(N2C(=S)N[C@H](c3ccccn3)[C@H]2c2cccn2-c2cccc(C)c2)ccc1NC(=O)C(C)(C)C. The topological polar surface area (TPSA) is 71.4 Å². The Kier molecular flexibility index (Phi) is 7.14. The second-order valence-corrected chi connectivity index (χ2v) is 11.1. The van der Waals surface area contributed by atoms with E-state index in [0.29, 0.717) is 16.5 Å². The lowest BCUT2D eigenvalue weighted by Gasteiger charge is -2.29. The van der Waals surface area contributed by atoms with Gasteiger partial charge in [0.2, 0.25) is 5.91 Å². The molecule has 0 aliphatic carbocycles. The minimum Gasteiger partial charge on any atom is -0.494 e. The van der Waals surface area contributed by atoms with E-state index < -0.39 is 5.41 Å². The van der Waals surface area contributed by atoms with Gasteiger partial charge in [0.05, 0.1) is 24.5 Å². The predicted octanol–water partition coefficient (Wildman–Crippen LogP) is 6.35. The number of benzene rings is 2. The number of anilines is 2. The van der Waals surface area contributed by atoms with Crippen LogP contribution in [-0.4, -0.2) is 27.7 Å². The standard InChI is InChI=1S/C31H33N5O2S/c1-20-10-8-11-21(18-20)35-17-9-13-25(35)28-27(24-12-6-7-16-32-24)34-30(39)36(28)22-14-15-23(26(19-22)38-5)33-29(37)31(2,3)4/h6-19,27-28H,1-5H3,(H,33,37)(H,34,39)/t27-,28-/m1/s1.